The second-order valence-electron chi connectivity index (χ2n) is 3.32. The fourth-order valence-electron chi connectivity index (χ4n) is 1.42. The average molecular weight is 235 g/mol. The topological polar surface area (TPSA) is 50.8 Å². The third-order valence-electron chi connectivity index (χ3n) is 1.89. The molecule has 0 aliphatic carbocycles. The van der Waals surface area contributed by atoms with Gasteiger partial charge in [0.05, 0.1) is 12.7 Å². The maximum absolute atomic E-state index is 11.3. The average Bonchev–Trinajstić information content (AvgIpc) is 2.28. The van der Waals surface area contributed by atoms with Crippen LogP contribution >= 0.6 is 6.49 Å². The van der Waals surface area contributed by atoms with E-state index in [9.17, 15) is 4.89 Å². The maximum atomic E-state index is 11.3. The van der Waals surface area contributed by atoms with Crippen LogP contribution in [0.1, 0.15) is 6.42 Å². The fourth-order valence-corrected chi connectivity index (χ4v) is 2.46. The monoisotopic (exact) mass is 235 g/mol. The summed E-state index contributed by atoms with van der Waals surface area (Å²) in [7, 11) is 7.14. The smallest absolute Gasteiger partial charge is 0.109 e. The van der Waals surface area contributed by atoms with E-state index < -0.39 is 6.49 Å². The first-order chi connectivity index (χ1) is 6.42. The second kappa shape index (κ2) is 5.06. The van der Waals surface area contributed by atoms with Gasteiger partial charge in [-0.2, -0.15) is 0 Å². The molecule has 0 spiro atoms. The van der Waals surface area contributed by atoms with Crippen molar-refractivity contribution in [2.75, 3.05) is 20.4 Å². The van der Waals surface area contributed by atoms with Gasteiger partial charge < -0.3 is 18.9 Å². The molecule has 0 bridgehead atoms. The second-order valence-corrected chi connectivity index (χ2v) is 7.06. The summed E-state index contributed by atoms with van der Waals surface area (Å²) in [6.45, 7) is -1.14. The van der Waals surface area contributed by atoms with Crippen molar-refractivity contribution in [3.63, 3.8) is 0 Å². The van der Waals surface area contributed by atoms with Gasteiger partial charge in [0.25, 0.3) is 0 Å². The van der Waals surface area contributed by atoms with Gasteiger partial charge in [0.1, 0.15) is 14.0 Å². The highest BCUT2D eigenvalue weighted by Gasteiger charge is 2.33. The highest BCUT2D eigenvalue weighted by Crippen LogP contribution is 2.38. The lowest BCUT2D eigenvalue weighted by molar-refractivity contribution is -0.186. The van der Waals surface area contributed by atoms with E-state index in [1.165, 1.54) is 6.66 Å². The molecule has 1 aliphatic heterocycles. The standard InChI is InChI=1S/C7H14BO4PS/c1-10-4-6-5(3-7(8)11-6)12-13(2,9)14/h5-7H,3-4H2,1-2H3,(H,9,14)/p-1/t5-,6-,7-,13?/m1/s1. The van der Waals surface area contributed by atoms with Crippen LogP contribution in [0.5, 0.6) is 0 Å². The summed E-state index contributed by atoms with van der Waals surface area (Å²) in [5.41, 5.74) is 0. The molecule has 4 nitrogen and oxygen atoms in total. The zero-order valence-electron chi connectivity index (χ0n) is 8.21. The maximum Gasteiger partial charge on any atom is 0.109 e. The van der Waals surface area contributed by atoms with Crippen molar-refractivity contribution in [2.24, 2.45) is 0 Å². The Balaban J connectivity index is 2.53. The van der Waals surface area contributed by atoms with E-state index in [-0.39, 0.29) is 18.2 Å². The minimum Gasteiger partial charge on any atom is -0.801 e. The Morgan fingerprint density at radius 3 is 2.86 bits per heavy atom. The molecule has 2 radical (unpaired) electrons. The summed E-state index contributed by atoms with van der Waals surface area (Å²) in [5, 5.41) is 0. The van der Waals surface area contributed by atoms with Gasteiger partial charge in [0.15, 0.2) is 0 Å². The number of hydrogen-bond donors (Lipinski definition) is 0. The normalized spacial score (nSPS) is 36.9. The Labute approximate surface area is 90.5 Å². The van der Waals surface area contributed by atoms with Crippen LogP contribution in [0.2, 0.25) is 0 Å². The Kier molecular flexibility index (Phi) is 4.56. The van der Waals surface area contributed by atoms with Crippen molar-refractivity contribution in [3.8, 4) is 0 Å². The molecule has 0 saturated carbocycles. The summed E-state index contributed by atoms with van der Waals surface area (Å²) < 4.78 is 15.5. The Hall–Kier alpha value is 0.555. The van der Waals surface area contributed by atoms with E-state index in [4.69, 9.17) is 33.7 Å². The number of rotatable bonds is 4. The lowest BCUT2D eigenvalue weighted by Crippen LogP contribution is -2.29. The SMILES string of the molecule is [B][C@H]1C[C@@H](OP(C)([O-])=S)[C@@H](COC)O1. The van der Waals surface area contributed by atoms with Gasteiger partial charge in [-0.1, -0.05) is 11.8 Å². The molecule has 0 aromatic carbocycles. The van der Waals surface area contributed by atoms with E-state index in [0.29, 0.717) is 13.0 Å². The van der Waals surface area contributed by atoms with Crippen LogP contribution in [-0.2, 0) is 25.8 Å². The lowest BCUT2D eigenvalue weighted by atomic mass is 9.96. The van der Waals surface area contributed by atoms with Gasteiger partial charge in [0.2, 0.25) is 0 Å². The van der Waals surface area contributed by atoms with Gasteiger partial charge in [-0.25, -0.2) is 0 Å². The first-order valence-corrected chi connectivity index (χ1v) is 7.38. The fraction of sp³-hybridized carbons (Fsp3) is 1.00. The molecule has 14 heavy (non-hydrogen) atoms. The lowest BCUT2D eigenvalue weighted by Gasteiger charge is -2.29. The number of ether oxygens (including phenoxy) is 2. The Morgan fingerprint density at radius 2 is 2.36 bits per heavy atom. The summed E-state index contributed by atoms with van der Waals surface area (Å²) in [5.74, 6) is 0. The van der Waals surface area contributed by atoms with Gasteiger partial charge in [-0.3, -0.25) is 0 Å². The summed E-state index contributed by atoms with van der Waals surface area (Å²) in [6.07, 6.45) is -0.0906. The van der Waals surface area contributed by atoms with Crippen molar-refractivity contribution < 1.29 is 18.9 Å². The molecule has 80 valence electrons. The molecular formula is C7H13BO4PS-. The van der Waals surface area contributed by atoms with E-state index >= 15 is 0 Å². The minimum absolute atomic E-state index is 0.272. The molecule has 0 amide bonds. The molecule has 0 aromatic heterocycles. The molecule has 4 atom stereocenters. The van der Waals surface area contributed by atoms with Crippen molar-refractivity contribution in [3.05, 3.63) is 0 Å². The van der Waals surface area contributed by atoms with Crippen LogP contribution in [0.3, 0.4) is 0 Å². The van der Waals surface area contributed by atoms with Crippen LogP contribution in [-0.4, -0.2) is 46.4 Å². The third kappa shape index (κ3) is 3.97. The Morgan fingerprint density at radius 1 is 1.71 bits per heavy atom. The molecule has 1 unspecified atom stereocenters. The molecule has 1 aliphatic rings. The molecule has 0 N–H and O–H groups in total. The summed E-state index contributed by atoms with van der Waals surface area (Å²) >= 11 is 4.69. The van der Waals surface area contributed by atoms with E-state index in [2.05, 4.69) is 0 Å². The molecule has 0 aromatic rings. The summed E-state index contributed by atoms with van der Waals surface area (Å²) in [4.78, 5) is 11.3. The van der Waals surface area contributed by atoms with Gasteiger partial charge in [-0.15, -0.1) is 0 Å². The van der Waals surface area contributed by atoms with Crippen LogP contribution in [0.15, 0.2) is 0 Å². The number of methoxy groups -OCH3 is 1. The molecule has 1 rings (SSSR count). The molecule has 1 saturated heterocycles. The van der Waals surface area contributed by atoms with Crippen LogP contribution in [0.25, 0.3) is 0 Å². The van der Waals surface area contributed by atoms with Crippen molar-refractivity contribution >= 4 is 26.1 Å². The zero-order chi connectivity index (χ0) is 10.8. The molecule has 7 heteroatoms. The van der Waals surface area contributed by atoms with E-state index in [1.807, 2.05) is 0 Å². The zero-order valence-corrected chi connectivity index (χ0v) is 9.92. The largest absolute Gasteiger partial charge is 0.801 e. The highest BCUT2D eigenvalue weighted by atomic mass is 32.5. The van der Waals surface area contributed by atoms with Crippen molar-refractivity contribution in [1.82, 2.24) is 0 Å². The van der Waals surface area contributed by atoms with Crippen LogP contribution in [0, 0.1) is 0 Å². The van der Waals surface area contributed by atoms with Crippen molar-refractivity contribution in [1.29, 1.82) is 0 Å². The highest BCUT2D eigenvalue weighted by molar-refractivity contribution is 8.08. The Bertz CT molecular complexity index is 234. The summed E-state index contributed by atoms with van der Waals surface area (Å²) in [6, 6.07) is -0.387. The van der Waals surface area contributed by atoms with Gasteiger partial charge in [-0.05, 0) is 19.6 Å². The molecule has 1 fully saturated rings. The predicted octanol–water partition coefficient (Wildman–Crippen LogP) is -0.399. The van der Waals surface area contributed by atoms with Gasteiger partial charge >= 0.3 is 0 Å². The van der Waals surface area contributed by atoms with Gasteiger partial charge in [0, 0.05) is 13.1 Å². The van der Waals surface area contributed by atoms with Crippen LogP contribution < -0.4 is 4.89 Å². The third-order valence-corrected chi connectivity index (χ3v) is 2.80. The molecule has 1 heterocycles. The predicted molar refractivity (Wildman–Crippen MR) is 56.0 cm³/mol. The first kappa shape index (κ1) is 12.6. The quantitative estimate of drug-likeness (QED) is 0.490. The van der Waals surface area contributed by atoms with Crippen LogP contribution in [0.4, 0.5) is 0 Å². The van der Waals surface area contributed by atoms with E-state index in [0.717, 1.165) is 0 Å². The molecular weight excluding hydrogens is 222 g/mol. The number of hydrogen-bond acceptors (Lipinski definition) is 5. The minimum atomic E-state index is -2.91. The van der Waals surface area contributed by atoms with Crippen molar-refractivity contribution in [2.45, 2.75) is 24.6 Å². The first-order valence-electron chi connectivity index (χ1n) is 4.29. The van der Waals surface area contributed by atoms with E-state index in [1.54, 1.807) is 7.11 Å².